The molecule has 1 saturated heterocycles. The highest BCUT2D eigenvalue weighted by Gasteiger charge is 2.35. The summed E-state index contributed by atoms with van der Waals surface area (Å²) < 4.78 is 0. The van der Waals surface area contributed by atoms with Gasteiger partial charge in [0.25, 0.3) is 0 Å². The summed E-state index contributed by atoms with van der Waals surface area (Å²) in [7, 11) is 0. The molecular formula is C12H25N3O2. The second-order valence-corrected chi connectivity index (χ2v) is 5.06. The molecule has 1 amide bonds. The van der Waals surface area contributed by atoms with Crippen LogP contribution in [0.25, 0.3) is 0 Å². The van der Waals surface area contributed by atoms with E-state index in [1.807, 2.05) is 20.8 Å². The van der Waals surface area contributed by atoms with Crippen LogP contribution in [0, 0.1) is 0 Å². The van der Waals surface area contributed by atoms with Crippen molar-refractivity contribution >= 4 is 5.91 Å². The lowest BCUT2D eigenvalue weighted by Gasteiger charge is -2.40. The Hall–Kier alpha value is -0.650. The van der Waals surface area contributed by atoms with Crippen molar-refractivity contribution in [2.45, 2.75) is 38.8 Å². The van der Waals surface area contributed by atoms with Crippen molar-refractivity contribution in [2.24, 2.45) is 0 Å². The summed E-state index contributed by atoms with van der Waals surface area (Å²) in [4.78, 5) is 14.4. The summed E-state index contributed by atoms with van der Waals surface area (Å²) in [6, 6.07) is -0.135. The average molecular weight is 243 g/mol. The first-order chi connectivity index (χ1) is 8.02. The van der Waals surface area contributed by atoms with Crippen LogP contribution in [0.5, 0.6) is 0 Å². The van der Waals surface area contributed by atoms with Gasteiger partial charge in [-0.1, -0.05) is 6.92 Å². The smallest absolute Gasteiger partial charge is 0.240 e. The Balaban J connectivity index is 2.58. The molecule has 100 valence electrons. The van der Waals surface area contributed by atoms with E-state index in [9.17, 15) is 4.79 Å². The average Bonchev–Trinajstić information content (AvgIpc) is 2.36. The minimum Gasteiger partial charge on any atom is -0.394 e. The van der Waals surface area contributed by atoms with Gasteiger partial charge in [-0.2, -0.15) is 0 Å². The summed E-state index contributed by atoms with van der Waals surface area (Å²) in [5.74, 6) is 0.000278. The molecule has 1 rings (SSSR count). The van der Waals surface area contributed by atoms with E-state index in [-0.39, 0.29) is 18.6 Å². The molecule has 0 aliphatic carbocycles. The monoisotopic (exact) mass is 243 g/mol. The Morgan fingerprint density at radius 1 is 1.47 bits per heavy atom. The molecule has 1 aliphatic heterocycles. The third-order valence-corrected chi connectivity index (χ3v) is 3.51. The quantitative estimate of drug-likeness (QED) is 0.612. The molecule has 5 heteroatoms. The number of hydrogen-bond acceptors (Lipinski definition) is 4. The first-order valence-corrected chi connectivity index (χ1v) is 6.40. The van der Waals surface area contributed by atoms with E-state index in [0.29, 0.717) is 0 Å². The first-order valence-electron chi connectivity index (χ1n) is 6.40. The van der Waals surface area contributed by atoms with E-state index >= 15 is 0 Å². The van der Waals surface area contributed by atoms with Crippen molar-refractivity contribution in [3.05, 3.63) is 0 Å². The Bertz CT molecular complexity index is 246. The lowest BCUT2D eigenvalue weighted by Crippen LogP contribution is -2.61. The molecule has 0 bridgehead atoms. The molecule has 0 aromatic rings. The van der Waals surface area contributed by atoms with E-state index in [1.54, 1.807) is 0 Å². The van der Waals surface area contributed by atoms with Gasteiger partial charge in [-0.3, -0.25) is 9.69 Å². The van der Waals surface area contributed by atoms with E-state index < -0.39 is 5.54 Å². The fraction of sp³-hybridized carbons (Fsp3) is 0.917. The predicted molar refractivity (Wildman–Crippen MR) is 67.8 cm³/mol. The number of nitrogens with zero attached hydrogens (tertiary/aromatic N) is 1. The minimum atomic E-state index is -0.509. The fourth-order valence-electron chi connectivity index (χ4n) is 2.01. The number of carbonyl (C=O) groups excluding carboxylic acids is 1. The standard InChI is InChI=1S/C12H25N3O2/c1-4-10(9-16)14-11(17)12(2,3)15-7-5-13-6-8-15/h10,13,16H,4-9H2,1-3H3,(H,14,17). The minimum absolute atomic E-state index is 0.000123. The molecule has 0 radical (unpaired) electrons. The number of piperazine rings is 1. The summed E-state index contributed by atoms with van der Waals surface area (Å²) >= 11 is 0. The van der Waals surface area contributed by atoms with Gasteiger partial charge in [0.2, 0.25) is 5.91 Å². The molecule has 1 unspecified atom stereocenters. The van der Waals surface area contributed by atoms with Crippen LogP contribution in [0.15, 0.2) is 0 Å². The fourth-order valence-corrected chi connectivity index (χ4v) is 2.01. The van der Waals surface area contributed by atoms with Gasteiger partial charge in [-0.05, 0) is 20.3 Å². The van der Waals surface area contributed by atoms with Gasteiger partial charge in [-0.25, -0.2) is 0 Å². The van der Waals surface area contributed by atoms with Gasteiger partial charge in [0, 0.05) is 26.2 Å². The molecule has 1 heterocycles. The van der Waals surface area contributed by atoms with Gasteiger partial charge in [0.05, 0.1) is 18.2 Å². The second kappa shape index (κ2) is 6.33. The van der Waals surface area contributed by atoms with Crippen LogP contribution in [0.3, 0.4) is 0 Å². The number of aliphatic hydroxyl groups excluding tert-OH is 1. The van der Waals surface area contributed by atoms with Gasteiger partial charge in [0.1, 0.15) is 0 Å². The number of hydrogen-bond donors (Lipinski definition) is 3. The summed E-state index contributed by atoms with van der Waals surface area (Å²) in [5.41, 5.74) is -0.509. The van der Waals surface area contributed by atoms with Gasteiger partial charge in [-0.15, -0.1) is 0 Å². The maximum Gasteiger partial charge on any atom is 0.240 e. The van der Waals surface area contributed by atoms with Crippen molar-refractivity contribution < 1.29 is 9.90 Å². The van der Waals surface area contributed by atoms with Crippen LogP contribution in [-0.2, 0) is 4.79 Å². The number of nitrogens with one attached hydrogen (secondary N) is 2. The number of rotatable bonds is 5. The number of aliphatic hydroxyl groups is 1. The van der Waals surface area contributed by atoms with Crippen molar-refractivity contribution in [1.82, 2.24) is 15.5 Å². The Kier molecular flexibility index (Phi) is 5.36. The molecule has 1 fully saturated rings. The molecule has 0 spiro atoms. The largest absolute Gasteiger partial charge is 0.394 e. The molecule has 1 aliphatic rings. The lowest BCUT2D eigenvalue weighted by molar-refractivity contribution is -0.133. The zero-order valence-corrected chi connectivity index (χ0v) is 11.1. The SMILES string of the molecule is CCC(CO)NC(=O)C(C)(C)N1CCNCC1. The van der Waals surface area contributed by atoms with Crippen LogP contribution >= 0.6 is 0 Å². The third-order valence-electron chi connectivity index (χ3n) is 3.51. The molecule has 0 saturated carbocycles. The third kappa shape index (κ3) is 3.66. The van der Waals surface area contributed by atoms with Gasteiger partial charge < -0.3 is 15.7 Å². The number of carbonyl (C=O) groups is 1. The molecule has 0 aromatic carbocycles. The van der Waals surface area contributed by atoms with Crippen LogP contribution in [0.2, 0.25) is 0 Å². The predicted octanol–water partition coefficient (Wildman–Crippen LogP) is -0.443. The summed E-state index contributed by atoms with van der Waals surface area (Å²) in [6.45, 7) is 9.46. The molecule has 17 heavy (non-hydrogen) atoms. The number of amides is 1. The van der Waals surface area contributed by atoms with Crippen molar-refractivity contribution in [3.63, 3.8) is 0 Å². The van der Waals surface area contributed by atoms with Crippen LogP contribution in [-0.4, -0.2) is 60.3 Å². The molecule has 3 N–H and O–H groups in total. The normalized spacial score (nSPS) is 20.0. The van der Waals surface area contributed by atoms with E-state index in [0.717, 1.165) is 32.6 Å². The summed E-state index contributed by atoms with van der Waals surface area (Å²) in [5, 5.41) is 15.3. The van der Waals surface area contributed by atoms with Crippen LogP contribution in [0.1, 0.15) is 27.2 Å². The molecule has 5 nitrogen and oxygen atoms in total. The maximum absolute atomic E-state index is 12.2. The van der Waals surface area contributed by atoms with Crippen LogP contribution < -0.4 is 10.6 Å². The van der Waals surface area contributed by atoms with Crippen molar-refractivity contribution in [1.29, 1.82) is 0 Å². The highest BCUT2D eigenvalue weighted by molar-refractivity contribution is 5.85. The highest BCUT2D eigenvalue weighted by atomic mass is 16.3. The van der Waals surface area contributed by atoms with E-state index in [4.69, 9.17) is 5.11 Å². The zero-order valence-electron chi connectivity index (χ0n) is 11.1. The van der Waals surface area contributed by atoms with E-state index in [2.05, 4.69) is 15.5 Å². The zero-order chi connectivity index (χ0) is 12.9. The Morgan fingerprint density at radius 3 is 2.53 bits per heavy atom. The van der Waals surface area contributed by atoms with E-state index in [1.165, 1.54) is 0 Å². The lowest BCUT2D eigenvalue weighted by atomic mass is 9.99. The Morgan fingerprint density at radius 2 is 2.06 bits per heavy atom. The molecule has 0 aromatic heterocycles. The molecule has 1 atom stereocenters. The van der Waals surface area contributed by atoms with Gasteiger partial charge >= 0.3 is 0 Å². The van der Waals surface area contributed by atoms with Crippen molar-refractivity contribution in [2.75, 3.05) is 32.8 Å². The molecular weight excluding hydrogens is 218 g/mol. The maximum atomic E-state index is 12.2. The van der Waals surface area contributed by atoms with Gasteiger partial charge in [0.15, 0.2) is 0 Å². The second-order valence-electron chi connectivity index (χ2n) is 5.06. The topological polar surface area (TPSA) is 64.6 Å². The van der Waals surface area contributed by atoms with Crippen LogP contribution in [0.4, 0.5) is 0 Å². The Labute approximate surface area is 104 Å². The summed E-state index contributed by atoms with van der Waals surface area (Å²) in [6.07, 6.45) is 0.750. The van der Waals surface area contributed by atoms with Crippen molar-refractivity contribution in [3.8, 4) is 0 Å². The highest BCUT2D eigenvalue weighted by Crippen LogP contribution is 2.15. The first kappa shape index (κ1) is 14.4.